The second-order valence-electron chi connectivity index (χ2n) is 4.90. The lowest BCUT2D eigenvalue weighted by molar-refractivity contribution is -0.139. The van der Waals surface area contributed by atoms with Crippen LogP contribution in [-0.4, -0.2) is 40.9 Å². The molecule has 2 atom stereocenters. The van der Waals surface area contributed by atoms with Gasteiger partial charge >= 0.3 is 12.0 Å². The van der Waals surface area contributed by atoms with Crippen molar-refractivity contribution < 1.29 is 19.8 Å². The predicted octanol–water partition coefficient (Wildman–Crippen LogP) is 0.983. The summed E-state index contributed by atoms with van der Waals surface area (Å²) in [6.07, 6.45) is 0.742. The molecule has 1 heterocycles. The number of carboxylic acids is 1. The summed E-state index contributed by atoms with van der Waals surface area (Å²) in [6.45, 7) is 1.63. The summed E-state index contributed by atoms with van der Waals surface area (Å²) in [5, 5.41) is 20.3. The number of benzene rings is 1. The van der Waals surface area contributed by atoms with Gasteiger partial charge in [-0.25, -0.2) is 9.59 Å². The van der Waals surface area contributed by atoms with E-state index in [1.165, 1.54) is 0 Å². The first-order valence-corrected chi connectivity index (χ1v) is 6.56. The van der Waals surface area contributed by atoms with Gasteiger partial charge in [-0.15, -0.1) is 0 Å². The Kier molecular flexibility index (Phi) is 4.24. The van der Waals surface area contributed by atoms with E-state index in [1.54, 1.807) is 4.90 Å². The molecule has 0 aromatic heterocycles. The fourth-order valence-electron chi connectivity index (χ4n) is 2.48. The molecule has 1 aliphatic heterocycles. The van der Waals surface area contributed by atoms with Gasteiger partial charge in [-0.05, 0) is 25.0 Å². The minimum atomic E-state index is -1.15. The molecule has 0 bridgehead atoms. The fourth-order valence-corrected chi connectivity index (χ4v) is 2.48. The molecule has 0 spiro atoms. The van der Waals surface area contributed by atoms with E-state index in [0.29, 0.717) is 0 Å². The van der Waals surface area contributed by atoms with Crippen LogP contribution in [0.5, 0.6) is 0 Å². The molecule has 0 radical (unpaired) electrons. The van der Waals surface area contributed by atoms with Crippen LogP contribution in [0.1, 0.15) is 18.9 Å². The summed E-state index contributed by atoms with van der Waals surface area (Å²) in [6, 6.07) is 6.03. The normalized spacial score (nSPS) is 18.5. The summed E-state index contributed by atoms with van der Waals surface area (Å²) in [7, 11) is 0. The number of aliphatic hydroxyl groups excluding tert-OH is 1. The summed E-state index contributed by atoms with van der Waals surface area (Å²) in [5.74, 6) is -1.15. The summed E-state index contributed by atoms with van der Waals surface area (Å²) >= 11 is 0. The van der Waals surface area contributed by atoms with Crippen molar-refractivity contribution in [2.45, 2.75) is 31.8 Å². The number of hydrogen-bond acceptors (Lipinski definition) is 3. The van der Waals surface area contributed by atoms with Gasteiger partial charge in [0.25, 0.3) is 0 Å². The van der Waals surface area contributed by atoms with Crippen molar-refractivity contribution in [2.75, 3.05) is 11.5 Å². The first-order chi connectivity index (χ1) is 9.54. The second kappa shape index (κ2) is 5.92. The van der Waals surface area contributed by atoms with E-state index >= 15 is 0 Å². The number of amides is 2. The number of anilines is 1. The molecule has 108 valence electrons. The van der Waals surface area contributed by atoms with E-state index < -0.39 is 18.0 Å². The molecule has 6 nitrogen and oxygen atoms in total. The standard InChI is InChI=1S/C14H18N2O4/c1-9-8-10-4-2-3-5-12(10)16(9)14(20)15-11(6-7-17)13(18)19/h2-5,9,11,17H,6-8H2,1H3,(H,15,20)(H,18,19). The van der Waals surface area contributed by atoms with Crippen molar-refractivity contribution in [3.8, 4) is 0 Å². The van der Waals surface area contributed by atoms with Gasteiger partial charge in [0.1, 0.15) is 6.04 Å². The lowest BCUT2D eigenvalue weighted by Crippen LogP contribution is -2.50. The lowest BCUT2D eigenvalue weighted by Gasteiger charge is -2.25. The molecule has 0 saturated carbocycles. The van der Waals surface area contributed by atoms with Crippen molar-refractivity contribution in [3.05, 3.63) is 29.8 Å². The average molecular weight is 278 g/mol. The zero-order valence-electron chi connectivity index (χ0n) is 11.2. The van der Waals surface area contributed by atoms with Gasteiger partial charge in [-0.2, -0.15) is 0 Å². The van der Waals surface area contributed by atoms with Crippen LogP contribution in [0.15, 0.2) is 24.3 Å². The van der Waals surface area contributed by atoms with Gasteiger partial charge in [0.15, 0.2) is 0 Å². The quantitative estimate of drug-likeness (QED) is 0.766. The highest BCUT2D eigenvalue weighted by molar-refractivity contribution is 5.96. The predicted molar refractivity (Wildman–Crippen MR) is 73.7 cm³/mol. The number of nitrogens with zero attached hydrogens (tertiary/aromatic N) is 1. The molecule has 1 aromatic rings. The van der Waals surface area contributed by atoms with Crippen LogP contribution < -0.4 is 10.2 Å². The van der Waals surface area contributed by atoms with Gasteiger partial charge in [0, 0.05) is 24.8 Å². The Morgan fingerprint density at radius 2 is 2.15 bits per heavy atom. The van der Waals surface area contributed by atoms with Crippen molar-refractivity contribution in [1.82, 2.24) is 5.32 Å². The molecule has 2 unspecified atom stereocenters. The van der Waals surface area contributed by atoms with Gasteiger partial charge in [0.2, 0.25) is 0 Å². The fraction of sp³-hybridized carbons (Fsp3) is 0.429. The largest absolute Gasteiger partial charge is 0.480 e. The van der Waals surface area contributed by atoms with Crippen LogP contribution in [0.3, 0.4) is 0 Å². The smallest absolute Gasteiger partial charge is 0.326 e. The second-order valence-corrected chi connectivity index (χ2v) is 4.90. The maximum absolute atomic E-state index is 12.3. The Balaban J connectivity index is 2.15. The third-order valence-electron chi connectivity index (χ3n) is 3.44. The highest BCUT2D eigenvalue weighted by Crippen LogP contribution is 2.31. The molecular weight excluding hydrogens is 260 g/mol. The van der Waals surface area contributed by atoms with E-state index in [4.69, 9.17) is 10.2 Å². The Hall–Kier alpha value is -2.08. The van der Waals surface area contributed by atoms with Gasteiger partial charge in [-0.1, -0.05) is 18.2 Å². The first-order valence-electron chi connectivity index (χ1n) is 6.56. The molecule has 2 amide bonds. The molecule has 6 heteroatoms. The molecule has 2 rings (SSSR count). The summed E-state index contributed by atoms with van der Waals surface area (Å²) in [4.78, 5) is 24.9. The molecule has 3 N–H and O–H groups in total. The van der Waals surface area contributed by atoms with Gasteiger partial charge < -0.3 is 15.5 Å². The van der Waals surface area contributed by atoms with Crippen LogP contribution in [0.4, 0.5) is 10.5 Å². The first kappa shape index (κ1) is 14.3. The molecule has 0 saturated heterocycles. The number of carbonyl (C=O) groups excluding carboxylic acids is 1. The number of aliphatic hydroxyl groups is 1. The Morgan fingerprint density at radius 1 is 1.45 bits per heavy atom. The maximum atomic E-state index is 12.3. The monoisotopic (exact) mass is 278 g/mol. The topological polar surface area (TPSA) is 89.9 Å². The van der Waals surface area contributed by atoms with Crippen LogP contribution in [0.25, 0.3) is 0 Å². The third-order valence-corrected chi connectivity index (χ3v) is 3.44. The number of urea groups is 1. The minimum absolute atomic E-state index is 0.00899. The average Bonchev–Trinajstić information content (AvgIpc) is 2.73. The van der Waals surface area contributed by atoms with E-state index in [-0.39, 0.29) is 19.1 Å². The van der Waals surface area contributed by atoms with Crippen LogP contribution in [-0.2, 0) is 11.2 Å². The van der Waals surface area contributed by atoms with E-state index in [9.17, 15) is 9.59 Å². The molecule has 1 aromatic carbocycles. The molecule has 20 heavy (non-hydrogen) atoms. The number of carbonyl (C=O) groups is 2. The third kappa shape index (κ3) is 2.75. The minimum Gasteiger partial charge on any atom is -0.480 e. The van der Waals surface area contributed by atoms with Crippen molar-refractivity contribution in [2.24, 2.45) is 0 Å². The van der Waals surface area contributed by atoms with Crippen LogP contribution in [0.2, 0.25) is 0 Å². The van der Waals surface area contributed by atoms with Crippen LogP contribution in [0, 0.1) is 0 Å². The Morgan fingerprint density at radius 3 is 2.80 bits per heavy atom. The zero-order valence-corrected chi connectivity index (χ0v) is 11.2. The van der Waals surface area contributed by atoms with Gasteiger partial charge in [-0.3, -0.25) is 4.90 Å². The summed E-state index contributed by atoms with van der Waals surface area (Å²) in [5.41, 5.74) is 1.88. The van der Waals surface area contributed by atoms with E-state index in [2.05, 4.69) is 5.32 Å². The maximum Gasteiger partial charge on any atom is 0.326 e. The zero-order chi connectivity index (χ0) is 14.7. The molecular formula is C14H18N2O4. The SMILES string of the molecule is CC1Cc2ccccc2N1C(=O)NC(CCO)C(=O)O. The van der Waals surface area contributed by atoms with Crippen LogP contribution >= 0.6 is 0 Å². The Labute approximate surface area is 117 Å². The number of carboxylic acid groups (broad SMARTS) is 1. The van der Waals surface area contributed by atoms with E-state index in [0.717, 1.165) is 17.7 Å². The number of hydrogen-bond donors (Lipinski definition) is 3. The summed E-state index contributed by atoms with van der Waals surface area (Å²) < 4.78 is 0. The van der Waals surface area contributed by atoms with Gasteiger partial charge in [0.05, 0.1) is 0 Å². The molecule has 0 fully saturated rings. The highest BCUT2D eigenvalue weighted by Gasteiger charge is 2.32. The lowest BCUT2D eigenvalue weighted by atomic mass is 10.1. The number of fused-ring (bicyclic) bond motifs is 1. The number of aliphatic carboxylic acids is 1. The van der Waals surface area contributed by atoms with E-state index in [1.807, 2.05) is 31.2 Å². The molecule has 1 aliphatic rings. The molecule has 0 aliphatic carbocycles. The van der Waals surface area contributed by atoms with Crippen molar-refractivity contribution >= 4 is 17.7 Å². The number of nitrogens with one attached hydrogen (secondary N) is 1. The Bertz CT molecular complexity index is 518. The van der Waals surface area contributed by atoms with Crippen molar-refractivity contribution in [1.29, 1.82) is 0 Å². The highest BCUT2D eigenvalue weighted by atomic mass is 16.4. The number of rotatable bonds is 4. The number of para-hydroxylation sites is 1. The van der Waals surface area contributed by atoms with Crippen molar-refractivity contribution in [3.63, 3.8) is 0 Å².